The van der Waals surface area contributed by atoms with Crippen LogP contribution in [0, 0.1) is 0 Å². The van der Waals surface area contributed by atoms with Gasteiger partial charge in [-0.15, -0.1) is 10.2 Å². The molecule has 96 valence electrons. The first kappa shape index (κ1) is 11.1. The minimum atomic E-state index is 0.729. The standard InChI is InChI=1S/C11H17N7/c1-3-8-10(12)11(16(2)15-8)17-4-5-18-7-13-14-9(18)6-17/h7H,3-6,12H2,1-2H3. The molecule has 7 nitrogen and oxygen atoms in total. The summed E-state index contributed by atoms with van der Waals surface area (Å²) in [5, 5.41) is 12.5. The van der Waals surface area contributed by atoms with E-state index < -0.39 is 0 Å². The Morgan fingerprint density at radius 1 is 1.39 bits per heavy atom. The first-order valence-corrected chi connectivity index (χ1v) is 6.13. The molecule has 0 unspecified atom stereocenters. The summed E-state index contributed by atoms with van der Waals surface area (Å²) in [6.45, 7) is 4.58. The van der Waals surface area contributed by atoms with E-state index in [-0.39, 0.29) is 0 Å². The van der Waals surface area contributed by atoms with Crippen LogP contribution in [0.15, 0.2) is 6.33 Å². The molecule has 0 bridgehead atoms. The Morgan fingerprint density at radius 3 is 2.94 bits per heavy atom. The maximum Gasteiger partial charge on any atom is 0.152 e. The quantitative estimate of drug-likeness (QED) is 0.819. The van der Waals surface area contributed by atoms with Crippen molar-refractivity contribution in [2.24, 2.45) is 7.05 Å². The minimum Gasteiger partial charge on any atom is -0.394 e. The highest BCUT2D eigenvalue weighted by molar-refractivity contribution is 5.66. The number of hydrogen-bond acceptors (Lipinski definition) is 5. The number of hydrogen-bond donors (Lipinski definition) is 1. The number of rotatable bonds is 2. The molecule has 18 heavy (non-hydrogen) atoms. The van der Waals surface area contributed by atoms with Gasteiger partial charge in [-0.25, -0.2) is 0 Å². The summed E-state index contributed by atoms with van der Waals surface area (Å²) in [6, 6.07) is 0. The van der Waals surface area contributed by atoms with Gasteiger partial charge in [0.1, 0.15) is 6.33 Å². The Labute approximate surface area is 105 Å². The van der Waals surface area contributed by atoms with Crippen molar-refractivity contribution in [1.29, 1.82) is 0 Å². The van der Waals surface area contributed by atoms with E-state index in [4.69, 9.17) is 5.73 Å². The van der Waals surface area contributed by atoms with Crippen molar-refractivity contribution >= 4 is 11.5 Å². The number of nitrogens with zero attached hydrogens (tertiary/aromatic N) is 6. The molecule has 3 rings (SSSR count). The van der Waals surface area contributed by atoms with Crippen LogP contribution in [0.4, 0.5) is 11.5 Å². The van der Waals surface area contributed by atoms with E-state index in [0.717, 1.165) is 49.1 Å². The number of fused-ring (bicyclic) bond motifs is 1. The van der Waals surface area contributed by atoms with Crippen LogP contribution in [-0.4, -0.2) is 31.1 Å². The lowest BCUT2D eigenvalue weighted by Gasteiger charge is -2.29. The molecule has 2 aromatic heterocycles. The fourth-order valence-corrected chi connectivity index (χ4v) is 2.47. The highest BCUT2D eigenvalue weighted by atomic mass is 15.4. The number of aromatic nitrogens is 5. The Bertz CT molecular complexity index is 568. The molecular formula is C11H17N7. The summed E-state index contributed by atoms with van der Waals surface area (Å²) in [6.07, 6.45) is 2.63. The fourth-order valence-electron chi connectivity index (χ4n) is 2.47. The van der Waals surface area contributed by atoms with Crippen LogP contribution in [0.25, 0.3) is 0 Å². The van der Waals surface area contributed by atoms with Crippen molar-refractivity contribution in [3.05, 3.63) is 17.8 Å². The molecule has 2 N–H and O–H groups in total. The van der Waals surface area contributed by atoms with Gasteiger partial charge in [0, 0.05) is 20.1 Å². The van der Waals surface area contributed by atoms with Gasteiger partial charge in [-0.05, 0) is 6.42 Å². The summed E-state index contributed by atoms with van der Waals surface area (Å²) in [5.41, 5.74) is 7.92. The predicted molar refractivity (Wildman–Crippen MR) is 68.1 cm³/mol. The third-order valence-electron chi connectivity index (χ3n) is 3.40. The van der Waals surface area contributed by atoms with Gasteiger partial charge < -0.3 is 15.2 Å². The van der Waals surface area contributed by atoms with E-state index in [1.54, 1.807) is 6.33 Å². The van der Waals surface area contributed by atoms with Gasteiger partial charge >= 0.3 is 0 Å². The predicted octanol–water partition coefficient (Wildman–Crippen LogP) is 0.176. The zero-order valence-electron chi connectivity index (χ0n) is 10.7. The van der Waals surface area contributed by atoms with E-state index in [2.05, 4.69) is 31.7 Å². The lowest BCUT2D eigenvalue weighted by Crippen LogP contribution is -2.35. The third-order valence-corrected chi connectivity index (χ3v) is 3.40. The van der Waals surface area contributed by atoms with Crippen molar-refractivity contribution in [2.45, 2.75) is 26.4 Å². The Hall–Kier alpha value is -2.05. The van der Waals surface area contributed by atoms with E-state index >= 15 is 0 Å². The van der Waals surface area contributed by atoms with Crippen LogP contribution in [0.1, 0.15) is 18.4 Å². The number of nitrogens with two attached hydrogens (primary N) is 1. The molecule has 1 aliphatic rings. The summed E-state index contributed by atoms with van der Waals surface area (Å²) in [7, 11) is 1.93. The number of anilines is 2. The summed E-state index contributed by atoms with van der Waals surface area (Å²) < 4.78 is 3.93. The maximum absolute atomic E-state index is 6.17. The molecule has 0 atom stereocenters. The second-order valence-electron chi connectivity index (χ2n) is 4.52. The summed E-state index contributed by atoms with van der Waals surface area (Å²) in [4.78, 5) is 2.21. The molecule has 0 aromatic carbocycles. The molecular weight excluding hydrogens is 230 g/mol. The zero-order valence-corrected chi connectivity index (χ0v) is 10.7. The fraction of sp³-hybridized carbons (Fsp3) is 0.545. The summed E-state index contributed by atoms with van der Waals surface area (Å²) >= 11 is 0. The lowest BCUT2D eigenvalue weighted by atomic mass is 10.2. The second kappa shape index (κ2) is 4.01. The monoisotopic (exact) mass is 247 g/mol. The van der Waals surface area contributed by atoms with Crippen LogP contribution in [0.2, 0.25) is 0 Å². The van der Waals surface area contributed by atoms with E-state index in [1.807, 2.05) is 11.7 Å². The zero-order chi connectivity index (χ0) is 12.7. The Kier molecular flexibility index (Phi) is 2.46. The molecule has 0 amide bonds. The van der Waals surface area contributed by atoms with Crippen LogP contribution in [0.3, 0.4) is 0 Å². The van der Waals surface area contributed by atoms with Gasteiger partial charge in [-0.3, -0.25) is 4.68 Å². The van der Waals surface area contributed by atoms with Crippen LogP contribution < -0.4 is 10.6 Å². The normalized spacial score (nSPS) is 14.9. The Balaban J connectivity index is 1.95. The second-order valence-corrected chi connectivity index (χ2v) is 4.52. The highest BCUT2D eigenvalue weighted by Crippen LogP contribution is 2.28. The van der Waals surface area contributed by atoms with Gasteiger partial charge in [-0.2, -0.15) is 5.10 Å². The van der Waals surface area contributed by atoms with Gasteiger partial charge in [0.2, 0.25) is 0 Å². The molecule has 0 spiro atoms. The van der Waals surface area contributed by atoms with E-state index in [0.29, 0.717) is 0 Å². The van der Waals surface area contributed by atoms with Gasteiger partial charge in [0.05, 0.1) is 17.9 Å². The molecule has 1 aliphatic heterocycles. The van der Waals surface area contributed by atoms with Gasteiger partial charge in [0.25, 0.3) is 0 Å². The average molecular weight is 247 g/mol. The topological polar surface area (TPSA) is 77.8 Å². The van der Waals surface area contributed by atoms with Crippen LogP contribution >= 0.6 is 0 Å². The molecule has 2 aromatic rings. The largest absolute Gasteiger partial charge is 0.394 e. The molecule has 0 fully saturated rings. The van der Waals surface area contributed by atoms with Gasteiger partial charge in [0.15, 0.2) is 11.6 Å². The van der Waals surface area contributed by atoms with Gasteiger partial charge in [-0.1, -0.05) is 6.92 Å². The van der Waals surface area contributed by atoms with Crippen molar-refractivity contribution in [3.63, 3.8) is 0 Å². The van der Waals surface area contributed by atoms with Crippen LogP contribution in [0.5, 0.6) is 0 Å². The SMILES string of the molecule is CCc1nn(C)c(N2CCn3cnnc3C2)c1N. The molecule has 3 heterocycles. The average Bonchev–Trinajstić information content (AvgIpc) is 2.93. The number of nitrogen functional groups attached to an aromatic ring is 1. The van der Waals surface area contributed by atoms with E-state index in [1.165, 1.54) is 0 Å². The molecule has 0 radical (unpaired) electrons. The maximum atomic E-state index is 6.17. The van der Waals surface area contributed by atoms with Crippen molar-refractivity contribution in [1.82, 2.24) is 24.5 Å². The van der Waals surface area contributed by atoms with Crippen molar-refractivity contribution in [3.8, 4) is 0 Å². The van der Waals surface area contributed by atoms with Crippen LogP contribution in [-0.2, 0) is 26.6 Å². The highest BCUT2D eigenvalue weighted by Gasteiger charge is 2.23. The molecule has 7 heteroatoms. The minimum absolute atomic E-state index is 0.729. The number of aryl methyl sites for hydroxylation is 2. The van der Waals surface area contributed by atoms with Crippen molar-refractivity contribution < 1.29 is 0 Å². The first-order chi connectivity index (χ1) is 8.70. The molecule has 0 saturated carbocycles. The lowest BCUT2D eigenvalue weighted by molar-refractivity contribution is 0.546. The summed E-state index contributed by atoms with van der Waals surface area (Å²) in [5.74, 6) is 1.96. The smallest absolute Gasteiger partial charge is 0.152 e. The third kappa shape index (κ3) is 1.54. The molecule has 0 aliphatic carbocycles. The van der Waals surface area contributed by atoms with E-state index in [9.17, 15) is 0 Å². The molecule has 0 saturated heterocycles. The van der Waals surface area contributed by atoms with Crippen molar-refractivity contribution in [2.75, 3.05) is 17.2 Å². The first-order valence-electron chi connectivity index (χ1n) is 6.13. The Morgan fingerprint density at radius 2 is 2.22 bits per heavy atom.